The zero-order valence-electron chi connectivity index (χ0n) is 24.0. The van der Waals surface area contributed by atoms with E-state index in [1.54, 1.807) is 19.2 Å². The molecule has 1 N–H and O–H groups in total. The zero-order valence-corrected chi connectivity index (χ0v) is 24.0. The molecular weight excluding hydrogens is 540 g/mol. The molecule has 0 aromatic heterocycles. The summed E-state index contributed by atoms with van der Waals surface area (Å²) in [4.78, 5) is 0. The Morgan fingerprint density at radius 3 is 1.84 bits per heavy atom. The number of hydrogen-bond donors (Lipinski definition) is 1. The molecule has 2 atom stereocenters. The molecule has 0 unspecified atom stereocenters. The molecule has 6 nitrogen and oxygen atoms in total. The molecule has 1 aliphatic heterocycles. The normalized spacial score (nSPS) is 15.7. The molecule has 5 aromatic carbocycles. The summed E-state index contributed by atoms with van der Waals surface area (Å²) >= 11 is 0. The first-order chi connectivity index (χ1) is 21.2. The molecule has 0 spiro atoms. The number of fused-ring (bicyclic) bond motifs is 1. The highest BCUT2D eigenvalue weighted by Gasteiger charge is 2.35. The fourth-order valence-electron chi connectivity index (χ4n) is 5.22. The molecule has 0 saturated carbocycles. The maximum atomic E-state index is 10.6. The van der Waals surface area contributed by atoms with Gasteiger partial charge in [0.05, 0.1) is 13.7 Å². The van der Waals surface area contributed by atoms with Crippen LogP contribution in [0.25, 0.3) is 0 Å². The van der Waals surface area contributed by atoms with Gasteiger partial charge in [0.1, 0.15) is 36.6 Å². The van der Waals surface area contributed by atoms with Crippen LogP contribution in [0.1, 0.15) is 33.9 Å². The maximum absolute atomic E-state index is 10.6. The average molecular weight is 575 g/mol. The highest BCUT2D eigenvalue weighted by molar-refractivity contribution is 5.53. The predicted molar refractivity (Wildman–Crippen MR) is 165 cm³/mol. The first-order valence-electron chi connectivity index (χ1n) is 14.4. The van der Waals surface area contributed by atoms with Crippen molar-refractivity contribution in [2.24, 2.45) is 0 Å². The summed E-state index contributed by atoms with van der Waals surface area (Å²) in [5.74, 6) is 2.46. The topological polar surface area (TPSA) is 66.4 Å². The van der Waals surface area contributed by atoms with Crippen LogP contribution in [0, 0.1) is 0 Å². The molecule has 1 aliphatic rings. The van der Waals surface area contributed by atoms with E-state index in [-0.39, 0.29) is 11.9 Å². The van der Waals surface area contributed by atoms with Crippen molar-refractivity contribution in [2.75, 3.05) is 7.11 Å². The Kier molecular flexibility index (Phi) is 8.76. The molecule has 0 fully saturated rings. The van der Waals surface area contributed by atoms with Gasteiger partial charge in [0.25, 0.3) is 0 Å². The van der Waals surface area contributed by atoms with Crippen LogP contribution in [0.3, 0.4) is 0 Å². The first-order valence-corrected chi connectivity index (χ1v) is 14.4. The molecule has 218 valence electrons. The molecule has 0 bridgehead atoms. The summed E-state index contributed by atoms with van der Waals surface area (Å²) in [6, 6.07) is 39.1. The summed E-state index contributed by atoms with van der Waals surface area (Å²) in [6.07, 6.45) is -0.277. The van der Waals surface area contributed by atoms with Crippen molar-refractivity contribution in [3.05, 3.63) is 149 Å². The van der Waals surface area contributed by atoms with E-state index >= 15 is 0 Å². The molecule has 1 heterocycles. The van der Waals surface area contributed by atoms with E-state index in [1.165, 1.54) is 0 Å². The summed E-state index contributed by atoms with van der Waals surface area (Å²) in [7, 11) is 1.63. The van der Waals surface area contributed by atoms with Crippen LogP contribution in [-0.2, 0) is 31.0 Å². The quantitative estimate of drug-likeness (QED) is 0.174. The third kappa shape index (κ3) is 6.93. The summed E-state index contributed by atoms with van der Waals surface area (Å²) < 4.78 is 31.2. The fourth-order valence-corrected chi connectivity index (χ4v) is 5.22. The van der Waals surface area contributed by atoms with Crippen molar-refractivity contribution in [2.45, 2.75) is 38.4 Å². The lowest BCUT2D eigenvalue weighted by molar-refractivity contribution is -0.0468. The third-order valence-electron chi connectivity index (χ3n) is 7.45. The van der Waals surface area contributed by atoms with Crippen molar-refractivity contribution in [3.8, 4) is 28.7 Å². The van der Waals surface area contributed by atoms with Crippen LogP contribution in [0.15, 0.2) is 121 Å². The summed E-state index contributed by atoms with van der Waals surface area (Å²) in [6.45, 7) is 1.20. The van der Waals surface area contributed by atoms with E-state index in [0.717, 1.165) is 27.8 Å². The van der Waals surface area contributed by atoms with Crippen LogP contribution in [0.2, 0.25) is 0 Å². The van der Waals surface area contributed by atoms with E-state index in [0.29, 0.717) is 49.2 Å². The second kappa shape index (κ2) is 13.4. The third-order valence-corrected chi connectivity index (χ3v) is 7.45. The van der Waals surface area contributed by atoms with E-state index < -0.39 is 6.10 Å². The average Bonchev–Trinajstić information content (AvgIpc) is 3.06. The van der Waals surface area contributed by atoms with Crippen molar-refractivity contribution in [1.29, 1.82) is 0 Å². The molecule has 0 radical (unpaired) electrons. The number of ether oxygens (including phenoxy) is 5. The smallest absolute Gasteiger partial charge is 0.162 e. The second-order valence-electron chi connectivity index (χ2n) is 10.5. The zero-order chi connectivity index (χ0) is 29.4. The first kappa shape index (κ1) is 28.2. The Morgan fingerprint density at radius 1 is 0.651 bits per heavy atom. The van der Waals surface area contributed by atoms with E-state index in [9.17, 15) is 5.11 Å². The number of phenolic OH excluding ortho intramolecular Hbond substituents is 1. The number of methoxy groups -OCH3 is 1. The van der Waals surface area contributed by atoms with Crippen LogP contribution >= 0.6 is 0 Å². The second-order valence-corrected chi connectivity index (χ2v) is 10.5. The molecule has 6 rings (SSSR count). The Morgan fingerprint density at radius 2 is 1.23 bits per heavy atom. The van der Waals surface area contributed by atoms with Crippen LogP contribution in [-0.4, -0.2) is 18.3 Å². The Hall–Kier alpha value is -4.94. The summed E-state index contributed by atoms with van der Waals surface area (Å²) in [5, 5.41) is 10.6. The van der Waals surface area contributed by atoms with Gasteiger partial charge in [-0.25, -0.2) is 0 Å². The van der Waals surface area contributed by atoms with E-state index in [2.05, 4.69) is 0 Å². The molecule has 6 heteroatoms. The summed E-state index contributed by atoms with van der Waals surface area (Å²) in [5.41, 5.74) is 4.90. The maximum Gasteiger partial charge on any atom is 0.162 e. The van der Waals surface area contributed by atoms with Crippen LogP contribution in [0.4, 0.5) is 0 Å². The van der Waals surface area contributed by atoms with Crippen LogP contribution in [0.5, 0.6) is 28.7 Å². The Balaban J connectivity index is 1.31. The van der Waals surface area contributed by atoms with Gasteiger partial charge in [-0.05, 0) is 34.4 Å². The van der Waals surface area contributed by atoms with Gasteiger partial charge in [-0.15, -0.1) is 0 Å². The Labute approximate surface area is 252 Å². The van der Waals surface area contributed by atoms with Gasteiger partial charge >= 0.3 is 0 Å². The van der Waals surface area contributed by atoms with Gasteiger partial charge in [-0.2, -0.15) is 0 Å². The lowest BCUT2D eigenvalue weighted by Gasteiger charge is -2.35. The monoisotopic (exact) mass is 574 g/mol. The van der Waals surface area contributed by atoms with Gasteiger partial charge in [-0.3, -0.25) is 0 Å². The minimum Gasteiger partial charge on any atom is -0.508 e. The van der Waals surface area contributed by atoms with Gasteiger partial charge in [-0.1, -0.05) is 97.1 Å². The molecule has 0 amide bonds. The minimum absolute atomic E-state index is 0.0748. The van der Waals surface area contributed by atoms with E-state index in [1.807, 2.05) is 109 Å². The SMILES string of the molecule is COc1ccc([C@H]2Oc3cc(O)cc(OCc4ccccc4)c3C[C@H]2OCc2ccccc2)cc1OCc1ccccc1. The number of aromatic hydroxyl groups is 1. The standard InChI is InChI=1S/C37H34O6/c1-39-32-18-17-29(19-35(32)41-24-27-13-7-3-8-14-27)37-36(42-25-28-15-9-4-10-16-28)22-31-33(20-30(38)21-34(31)43-37)40-23-26-11-5-2-6-12-26/h2-21,36-38H,22-25H2,1H3/t36-,37-/m1/s1. The molecule has 0 aliphatic carbocycles. The molecule has 43 heavy (non-hydrogen) atoms. The fraction of sp³-hybridized carbons (Fsp3) is 0.189. The van der Waals surface area contributed by atoms with E-state index in [4.69, 9.17) is 23.7 Å². The Bertz CT molecular complexity index is 1620. The van der Waals surface area contributed by atoms with Gasteiger partial charge in [0.2, 0.25) is 0 Å². The van der Waals surface area contributed by atoms with Crippen molar-refractivity contribution >= 4 is 0 Å². The van der Waals surface area contributed by atoms with Crippen molar-refractivity contribution in [3.63, 3.8) is 0 Å². The van der Waals surface area contributed by atoms with Gasteiger partial charge < -0.3 is 28.8 Å². The lowest BCUT2D eigenvalue weighted by atomic mass is 9.93. The highest BCUT2D eigenvalue weighted by Crippen LogP contribution is 2.45. The van der Waals surface area contributed by atoms with Crippen molar-refractivity contribution in [1.82, 2.24) is 0 Å². The van der Waals surface area contributed by atoms with Gasteiger partial charge in [0, 0.05) is 24.1 Å². The molecular formula is C37H34O6. The number of benzene rings is 5. The predicted octanol–water partition coefficient (Wildman–Crippen LogP) is 7.82. The van der Waals surface area contributed by atoms with Gasteiger partial charge in [0.15, 0.2) is 17.6 Å². The largest absolute Gasteiger partial charge is 0.508 e. The molecule has 5 aromatic rings. The number of hydrogen-bond acceptors (Lipinski definition) is 6. The highest BCUT2D eigenvalue weighted by atomic mass is 16.5. The molecule has 0 saturated heterocycles. The minimum atomic E-state index is -0.468. The lowest BCUT2D eigenvalue weighted by Crippen LogP contribution is -2.33. The number of rotatable bonds is 11. The number of phenols is 1. The van der Waals surface area contributed by atoms with Crippen molar-refractivity contribution < 1.29 is 28.8 Å². The van der Waals surface area contributed by atoms with Crippen LogP contribution < -0.4 is 18.9 Å².